The van der Waals surface area contributed by atoms with E-state index in [-0.39, 0.29) is 5.69 Å². The number of rotatable bonds is 4. The van der Waals surface area contributed by atoms with E-state index in [1.807, 2.05) is 0 Å². The monoisotopic (exact) mass is 181 g/mol. The van der Waals surface area contributed by atoms with Crippen molar-refractivity contribution in [2.45, 2.75) is 6.42 Å². The molecule has 68 valence electrons. The van der Waals surface area contributed by atoms with Gasteiger partial charge in [-0.2, -0.15) is 0 Å². The molecule has 0 fully saturated rings. The lowest BCUT2D eigenvalue weighted by molar-refractivity contribution is -0.139. The number of carbonyl (C=O) groups is 3. The molecule has 5 heteroatoms. The SMILES string of the molecule is O=C(O)CC(=O)C(=O)c1ccc[nH]1. The third-order valence-corrected chi connectivity index (χ3v) is 1.41. The van der Waals surface area contributed by atoms with Crippen LogP contribution in [0.5, 0.6) is 0 Å². The van der Waals surface area contributed by atoms with Crippen molar-refractivity contribution in [1.29, 1.82) is 0 Å². The van der Waals surface area contributed by atoms with Gasteiger partial charge in [0.2, 0.25) is 11.6 Å². The molecule has 0 unspecified atom stereocenters. The molecule has 2 N–H and O–H groups in total. The first-order valence-corrected chi connectivity index (χ1v) is 3.54. The Morgan fingerprint density at radius 1 is 1.38 bits per heavy atom. The Bertz CT molecular complexity index is 339. The summed E-state index contributed by atoms with van der Waals surface area (Å²) in [5.74, 6) is -3.02. The summed E-state index contributed by atoms with van der Waals surface area (Å²) >= 11 is 0. The fraction of sp³-hybridized carbons (Fsp3) is 0.125. The summed E-state index contributed by atoms with van der Waals surface area (Å²) < 4.78 is 0. The van der Waals surface area contributed by atoms with Crippen molar-refractivity contribution < 1.29 is 19.5 Å². The van der Waals surface area contributed by atoms with Gasteiger partial charge in [0, 0.05) is 6.20 Å². The van der Waals surface area contributed by atoms with Gasteiger partial charge in [0.05, 0.1) is 5.69 Å². The molecule has 0 aromatic carbocycles. The van der Waals surface area contributed by atoms with Crippen LogP contribution < -0.4 is 0 Å². The zero-order chi connectivity index (χ0) is 9.84. The van der Waals surface area contributed by atoms with E-state index < -0.39 is 24.0 Å². The molecule has 1 aromatic heterocycles. The highest BCUT2D eigenvalue weighted by molar-refractivity contribution is 6.45. The van der Waals surface area contributed by atoms with Crippen molar-refractivity contribution in [2.24, 2.45) is 0 Å². The number of hydrogen-bond acceptors (Lipinski definition) is 3. The summed E-state index contributed by atoms with van der Waals surface area (Å²) in [6.07, 6.45) is 0.721. The number of aliphatic carboxylic acids is 1. The van der Waals surface area contributed by atoms with Gasteiger partial charge in [-0.15, -0.1) is 0 Å². The van der Waals surface area contributed by atoms with Gasteiger partial charge in [-0.3, -0.25) is 14.4 Å². The molecule has 0 bridgehead atoms. The minimum atomic E-state index is -1.30. The van der Waals surface area contributed by atoms with Gasteiger partial charge in [-0.1, -0.05) is 0 Å². The van der Waals surface area contributed by atoms with Crippen LogP contribution in [0.2, 0.25) is 0 Å². The zero-order valence-corrected chi connectivity index (χ0v) is 6.61. The molecule has 0 saturated heterocycles. The molecule has 0 saturated carbocycles. The molecule has 0 amide bonds. The van der Waals surface area contributed by atoms with Gasteiger partial charge < -0.3 is 10.1 Å². The second kappa shape index (κ2) is 3.66. The number of ketones is 2. The van der Waals surface area contributed by atoms with Crippen LogP contribution in [0.4, 0.5) is 0 Å². The lowest BCUT2D eigenvalue weighted by Gasteiger charge is -1.93. The van der Waals surface area contributed by atoms with E-state index in [9.17, 15) is 14.4 Å². The summed E-state index contributed by atoms with van der Waals surface area (Å²) in [5.41, 5.74) is 0.117. The van der Waals surface area contributed by atoms with Gasteiger partial charge >= 0.3 is 5.97 Å². The van der Waals surface area contributed by atoms with Crippen molar-refractivity contribution in [3.8, 4) is 0 Å². The molecular weight excluding hydrogens is 174 g/mol. The van der Waals surface area contributed by atoms with Crippen LogP contribution >= 0.6 is 0 Å². The van der Waals surface area contributed by atoms with Gasteiger partial charge in [0.1, 0.15) is 6.42 Å². The van der Waals surface area contributed by atoms with Crippen molar-refractivity contribution in [3.63, 3.8) is 0 Å². The number of carboxylic acid groups (broad SMARTS) is 1. The largest absolute Gasteiger partial charge is 0.481 e. The van der Waals surface area contributed by atoms with E-state index in [2.05, 4.69) is 4.98 Å². The molecule has 1 heterocycles. The second-order valence-electron chi connectivity index (χ2n) is 2.41. The van der Waals surface area contributed by atoms with Crippen LogP contribution in [-0.2, 0) is 9.59 Å². The summed E-state index contributed by atoms with van der Waals surface area (Å²) in [6, 6.07) is 2.98. The Morgan fingerprint density at radius 2 is 2.08 bits per heavy atom. The van der Waals surface area contributed by atoms with Gasteiger partial charge in [0.25, 0.3) is 0 Å². The Labute approximate surface area is 73.4 Å². The van der Waals surface area contributed by atoms with Crippen LogP contribution in [0.1, 0.15) is 16.9 Å². The first-order valence-electron chi connectivity index (χ1n) is 3.54. The van der Waals surface area contributed by atoms with Gasteiger partial charge in [-0.25, -0.2) is 0 Å². The molecule has 0 atom stereocenters. The highest BCUT2D eigenvalue weighted by Gasteiger charge is 2.19. The van der Waals surface area contributed by atoms with Crippen LogP contribution in [0.15, 0.2) is 18.3 Å². The number of carboxylic acids is 1. The first-order chi connectivity index (χ1) is 6.11. The zero-order valence-electron chi connectivity index (χ0n) is 6.61. The van der Waals surface area contributed by atoms with Crippen molar-refractivity contribution >= 4 is 17.5 Å². The van der Waals surface area contributed by atoms with Gasteiger partial charge in [-0.05, 0) is 12.1 Å². The third kappa shape index (κ3) is 2.26. The number of Topliss-reactive ketones (excluding diaryl/α,β-unsaturated/α-hetero) is 2. The van der Waals surface area contributed by atoms with Crippen molar-refractivity contribution in [3.05, 3.63) is 24.0 Å². The Morgan fingerprint density at radius 3 is 2.54 bits per heavy atom. The molecule has 0 radical (unpaired) electrons. The third-order valence-electron chi connectivity index (χ3n) is 1.41. The maximum atomic E-state index is 11.1. The maximum Gasteiger partial charge on any atom is 0.311 e. The predicted molar refractivity (Wildman–Crippen MR) is 42.4 cm³/mol. The van der Waals surface area contributed by atoms with Crippen molar-refractivity contribution in [1.82, 2.24) is 4.98 Å². The van der Waals surface area contributed by atoms with Crippen LogP contribution in [0.3, 0.4) is 0 Å². The van der Waals surface area contributed by atoms with E-state index in [1.54, 1.807) is 6.07 Å². The Balaban J connectivity index is 2.69. The van der Waals surface area contributed by atoms with Crippen LogP contribution in [0, 0.1) is 0 Å². The van der Waals surface area contributed by atoms with E-state index >= 15 is 0 Å². The molecule has 1 aromatic rings. The van der Waals surface area contributed by atoms with Crippen LogP contribution in [-0.4, -0.2) is 27.6 Å². The number of H-pyrrole nitrogens is 1. The number of aromatic nitrogens is 1. The highest BCUT2D eigenvalue weighted by atomic mass is 16.4. The average Bonchev–Trinajstić information content (AvgIpc) is 2.53. The first kappa shape index (κ1) is 9.18. The van der Waals surface area contributed by atoms with E-state index in [4.69, 9.17) is 5.11 Å². The quantitative estimate of drug-likeness (QED) is 0.395. The number of nitrogens with one attached hydrogen (secondary N) is 1. The highest BCUT2D eigenvalue weighted by Crippen LogP contribution is 1.99. The van der Waals surface area contributed by atoms with Crippen molar-refractivity contribution in [2.75, 3.05) is 0 Å². The number of aromatic amines is 1. The van der Waals surface area contributed by atoms with E-state index in [0.717, 1.165) is 0 Å². The molecule has 0 aliphatic rings. The number of carbonyl (C=O) groups excluding carboxylic acids is 2. The second-order valence-corrected chi connectivity index (χ2v) is 2.41. The molecule has 5 nitrogen and oxygen atoms in total. The molecule has 0 spiro atoms. The summed E-state index contributed by atoms with van der Waals surface area (Å²) in [7, 11) is 0. The lowest BCUT2D eigenvalue weighted by Crippen LogP contribution is -2.18. The average molecular weight is 181 g/mol. The van der Waals surface area contributed by atoms with Crippen LogP contribution in [0.25, 0.3) is 0 Å². The minimum absolute atomic E-state index is 0.117. The molecular formula is C8H7NO4. The van der Waals surface area contributed by atoms with E-state index in [1.165, 1.54) is 12.3 Å². The molecule has 13 heavy (non-hydrogen) atoms. The lowest BCUT2D eigenvalue weighted by atomic mass is 10.1. The molecule has 1 rings (SSSR count). The number of hydrogen-bond donors (Lipinski definition) is 2. The maximum absolute atomic E-state index is 11.1. The van der Waals surface area contributed by atoms with E-state index in [0.29, 0.717) is 0 Å². The Hall–Kier alpha value is -1.91. The summed E-state index contributed by atoms with van der Waals surface area (Å²) in [6.45, 7) is 0. The fourth-order valence-electron chi connectivity index (χ4n) is 0.839. The smallest absolute Gasteiger partial charge is 0.311 e. The minimum Gasteiger partial charge on any atom is -0.481 e. The predicted octanol–water partition coefficient (Wildman–Crippen LogP) is 0.241. The molecule has 0 aliphatic heterocycles. The fourth-order valence-corrected chi connectivity index (χ4v) is 0.839. The molecule has 0 aliphatic carbocycles. The topological polar surface area (TPSA) is 87.2 Å². The normalized spacial score (nSPS) is 9.54. The standard InChI is InChI=1S/C8H7NO4/c10-6(4-7(11)12)8(13)5-2-1-3-9-5/h1-3,9H,4H2,(H,11,12). The summed E-state index contributed by atoms with van der Waals surface area (Å²) in [5, 5.41) is 8.25. The Kier molecular flexibility index (Phi) is 2.59. The summed E-state index contributed by atoms with van der Waals surface area (Å²) in [4.78, 5) is 34.6. The van der Waals surface area contributed by atoms with Gasteiger partial charge in [0.15, 0.2) is 0 Å².